The highest BCUT2D eigenvalue weighted by Crippen LogP contribution is 2.20. The Morgan fingerprint density at radius 3 is 2.61 bits per heavy atom. The van der Waals surface area contributed by atoms with Gasteiger partial charge in [-0.25, -0.2) is 9.97 Å². The van der Waals surface area contributed by atoms with Gasteiger partial charge in [-0.05, 0) is 24.3 Å². The minimum absolute atomic E-state index is 0.202. The van der Waals surface area contributed by atoms with E-state index >= 15 is 0 Å². The summed E-state index contributed by atoms with van der Waals surface area (Å²) in [4.78, 5) is 31.1. The predicted octanol–water partition coefficient (Wildman–Crippen LogP) is 1.17. The average molecular weight is 381 g/mol. The van der Waals surface area contributed by atoms with Gasteiger partial charge in [0, 0.05) is 44.1 Å². The lowest BCUT2D eigenvalue weighted by atomic mass is 10.2. The molecule has 1 amide bonds. The molecule has 0 saturated carbocycles. The van der Waals surface area contributed by atoms with Crippen molar-refractivity contribution in [1.82, 2.24) is 24.8 Å². The lowest BCUT2D eigenvalue weighted by molar-refractivity contribution is 0.102. The van der Waals surface area contributed by atoms with E-state index in [1.165, 1.54) is 6.20 Å². The van der Waals surface area contributed by atoms with E-state index in [1.807, 2.05) is 24.3 Å². The summed E-state index contributed by atoms with van der Waals surface area (Å²) in [6, 6.07) is 7.83. The topological polar surface area (TPSA) is 113 Å². The molecule has 4 N–H and O–H groups in total. The molecular formula is C19H23N7O2. The summed E-state index contributed by atoms with van der Waals surface area (Å²) in [6.45, 7) is 4.67. The number of amides is 1. The Kier molecular flexibility index (Phi) is 5.36. The number of aromatic amines is 2. The highest BCUT2D eigenvalue weighted by molar-refractivity contribution is 6.03. The van der Waals surface area contributed by atoms with Crippen LogP contribution >= 0.6 is 0 Å². The van der Waals surface area contributed by atoms with Gasteiger partial charge in [0.1, 0.15) is 11.4 Å². The summed E-state index contributed by atoms with van der Waals surface area (Å²) >= 11 is 0. The smallest absolute Gasteiger partial charge is 0.273 e. The van der Waals surface area contributed by atoms with Gasteiger partial charge in [-0.3, -0.25) is 9.69 Å². The van der Waals surface area contributed by atoms with Crippen molar-refractivity contribution in [3.8, 4) is 11.5 Å². The van der Waals surface area contributed by atoms with Crippen molar-refractivity contribution in [1.29, 1.82) is 0 Å². The fourth-order valence-electron chi connectivity index (χ4n) is 3.28. The van der Waals surface area contributed by atoms with Gasteiger partial charge >= 0.3 is 0 Å². The molecule has 9 heteroatoms. The van der Waals surface area contributed by atoms with Gasteiger partial charge in [0.2, 0.25) is 0 Å². The van der Waals surface area contributed by atoms with E-state index in [0.717, 1.165) is 49.8 Å². The number of carbonyl (C=O) groups excluding carboxylic acids is 1. The average Bonchev–Trinajstić information content (AvgIpc) is 3.41. The van der Waals surface area contributed by atoms with Gasteiger partial charge in [0.05, 0.1) is 25.3 Å². The number of aliphatic hydroxyl groups excluding tert-OH is 1. The highest BCUT2D eigenvalue weighted by atomic mass is 16.3. The largest absolute Gasteiger partial charge is 0.395 e. The standard InChI is InChI=1S/C19H23N7O2/c27-10-9-25-5-7-26(8-6-25)15-3-1-14(2-4-15)23-19(28)17-12-21-18(24-17)16-11-20-13-22-16/h1-4,11-13,27H,5-10H2,(H,20,22)(H,21,24)(H,23,28). The molecule has 3 heterocycles. The maximum absolute atomic E-state index is 12.4. The van der Waals surface area contributed by atoms with E-state index in [1.54, 1.807) is 12.5 Å². The zero-order valence-electron chi connectivity index (χ0n) is 15.4. The Balaban J connectivity index is 1.35. The number of carbonyl (C=O) groups is 1. The van der Waals surface area contributed by atoms with E-state index in [0.29, 0.717) is 11.5 Å². The number of anilines is 2. The minimum atomic E-state index is -0.247. The zero-order valence-corrected chi connectivity index (χ0v) is 15.4. The minimum Gasteiger partial charge on any atom is -0.395 e. The van der Waals surface area contributed by atoms with Crippen molar-refractivity contribution in [2.45, 2.75) is 0 Å². The summed E-state index contributed by atoms with van der Waals surface area (Å²) < 4.78 is 0. The number of imidazole rings is 2. The van der Waals surface area contributed by atoms with Crippen molar-refractivity contribution in [2.75, 3.05) is 49.5 Å². The van der Waals surface area contributed by atoms with Gasteiger partial charge in [-0.1, -0.05) is 0 Å². The maximum atomic E-state index is 12.4. The predicted molar refractivity (Wildman–Crippen MR) is 106 cm³/mol. The monoisotopic (exact) mass is 381 g/mol. The second-order valence-electron chi connectivity index (χ2n) is 6.66. The molecule has 1 aliphatic heterocycles. The third-order valence-electron chi connectivity index (χ3n) is 4.85. The van der Waals surface area contributed by atoms with Gasteiger partial charge in [0.25, 0.3) is 5.91 Å². The third-order valence-corrected chi connectivity index (χ3v) is 4.85. The van der Waals surface area contributed by atoms with Gasteiger partial charge in [-0.15, -0.1) is 0 Å². The number of rotatable bonds is 6. The van der Waals surface area contributed by atoms with Gasteiger partial charge in [-0.2, -0.15) is 0 Å². The van der Waals surface area contributed by atoms with Crippen LogP contribution in [0.1, 0.15) is 10.5 Å². The van der Waals surface area contributed by atoms with Crippen molar-refractivity contribution in [2.24, 2.45) is 0 Å². The van der Waals surface area contributed by atoms with Crippen molar-refractivity contribution < 1.29 is 9.90 Å². The van der Waals surface area contributed by atoms with Gasteiger partial charge < -0.3 is 25.3 Å². The molecule has 0 unspecified atom stereocenters. The summed E-state index contributed by atoms with van der Waals surface area (Å²) in [5.74, 6) is 0.321. The molecule has 1 aromatic carbocycles. The van der Waals surface area contributed by atoms with Crippen LogP contribution in [0.15, 0.2) is 43.0 Å². The number of piperazine rings is 1. The molecule has 9 nitrogen and oxygen atoms in total. The van der Waals surface area contributed by atoms with Crippen LogP contribution in [-0.2, 0) is 0 Å². The van der Waals surface area contributed by atoms with Crippen LogP contribution in [0.2, 0.25) is 0 Å². The number of hydrogen-bond donors (Lipinski definition) is 4. The van der Waals surface area contributed by atoms with Crippen molar-refractivity contribution in [3.63, 3.8) is 0 Å². The molecule has 3 aromatic rings. The first-order valence-electron chi connectivity index (χ1n) is 9.26. The summed E-state index contributed by atoms with van der Waals surface area (Å²) in [5, 5.41) is 11.9. The molecular weight excluding hydrogens is 358 g/mol. The molecule has 0 bridgehead atoms. The fourth-order valence-corrected chi connectivity index (χ4v) is 3.28. The molecule has 4 rings (SSSR count). The SMILES string of the molecule is O=C(Nc1ccc(N2CCN(CCO)CC2)cc1)c1cnc(-c2cnc[nH]2)[nH]1. The molecule has 1 saturated heterocycles. The second kappa shape index (κ2) is 8.24. The first-order chi connectivity index (χ1) is 13.7. The molecule has 1 fully saturated rings. The van der Waals surface area contributed by atoms with Crippen LogP contribution in [0.5, 0.6) is 0 Å². The molecule has 0 aliphatic carbocycles. The molecule has 28 heavy (non-hydrogen) atoms. The Labute approximate surface area is 162 Å². The Morgan fingerprint density at radius 2 is 1.93 bits per heavy atom. The zero-order chi connectivity index (χ0) is 19.3. The van der Waals surface area contributed by atoms with Crippen LogP contribution < -0.4 is 10.2 Å². The Morgan fingerprint density at radius 1 is 1.14 bits per heavy atom. The van der Waals surface area contributed by atoms with Crippen LogP contribution in [0.25, 0.3) is 11.5 Å². The number of aliphatic hydroxyl groups is 1. The Hall–Kier alpha value is -3.17. The van der Waals surface area contributed by atoms with Crippen LogP contribution in [-0.4, -0.2) is 75.2 Å². The molecule has 146 valence electrons. The van der Waals surface area contributed by atoms with Gasteiger partial charge in [0.15, 0.2) is 5.82 Å². The summed E-state index contributed by atoms with van der Waals surface area (Å²) in [6.07, 6.45) is 4.71. The normalized spacial score (nSPS) is 15.0. The van der Waals surface area contributed by atoms with E-state index in [9.17, 15) is 4.79 Å². The molecule has 0 spiro atoms. The number of nitrogens with zero attached hydrogens (tertiary/aromatic N) is 4. The summed E-state index contributed by atoms with van der Waals surface area (Å²) in [5.41, 5.74) is 2.96. The number of nitrogens with one attached hydrogen (secondary N) is 3. The first kappa shape index (κ1) is 18.2. The van der Waals surface area contributed by atoms with E-state index < -0.39 is 0 Å². The van der Waals surface area contributed by atoms with Crippen molar-refractivity contribution in [3.05, 3.63) is 48.7 Å². The number of β-amino-alcohol motifs (C(OH)–C–C–N with tert-alkyl or cyclic N) is 1. The highest BCUT2D eigenvalue weighted by Gasteiger charge is 2.17. The number of hydrogen-bond acceptors (Lipinski definition) is 6. The second-order valence-corrected chi connectivity index (χ2v) is 6.66. The third kappa shape index (κ3) is 4.05. The van der Waals surface area contributed by atoms with Crippen LogP contribution in [0.3, 0.4) is 0 Å². The number of aromatic nitrogens is 4. The lowest BCUT2D eigenvalue weighted by Gasteiger charge is -2.35. The maximum Gasteiger partial charge on any atom is 0.273 e. The van der Waals surface area contributed by atoms with Crippen LogP contribution in [0.4, 0.5) is 11.4 Å². The molecule has 2 aromatic heterocycles. The van der Waals surface area contributed by atoms with Crippen molar-refractivity contribution >= 4 is 17.3 Å². The van der Waals surface area contributed by atoms with E-state index in [-0.39, 0.29) is 12.5 Å². The molecule has 0 radical (unpaired) electrons. The lowest BCUT2D eigenvalue weighted by Crippen LogP contribution is -2.47. The van der Waals surface area contributed by atoms with E-state index in [2.05, 4.69) is 35.1 Å². The Bertz CT molecular complexity index is 897. The van der Waals surface area contributed by atoms with Crippen LogP contribution in [0, 0.1) is 0 Å². The summed E-state index contributed by atoms with van der Waals surface area (Å²) in [7, 11) is 0. The quantitative estimate of drug-likeness (QED) is 0.510. The number of benzene rings is 1. The molecule has 1 aliphatic rings. The fraction of sp³-hybridized carbons (Fsp3) is 0.316. The number of H-pyrrole nitrogens is 2. The molecule has 0 atom stereocenters. The first-order valence-corrected chi connectivity index (χ1v) is 9.26. The van der Waals surface area contributed by atoms with E-state index in [4.69, 9.17) is 5.11 Å².